The first-order valence-electron chi connectivity index (χ1n) is 9.86. The van der Waals surface area contributed by atoms with E-state index in [2.05, 4.69) is 0 Å². The Kier molecular flexibility index (Phi) is 6.50. The molecule has 1 fully saturated rings. The van der Waals surface area contributed by atoms with Gasteiger partial charge >= 0.3 is 0 Å². The Labute approximate surface area is 192 Å². The summed E-state index contributed by atoms with van der Waals surface area (Å²) in [6.07, 6.45) is 1.59. The van der Waals surface area contributed by atoms with Crippen molar-refractivity contribution in [2.45, 2.75) is 13.2 Å². The van der Waals surface area contributed by atoms with Crippen LogP contribution in [0.25, 0.3) is 6.08 Å². The van der Waals surface area contributed by atoms with Crippen LogP contribution in [0.15, 0.2) is 77.7 Å². The van der Waals surface area contributed by atoms with Gasteiger partial charge in [0.25, 0.3) is 16.8 Å². The van der Waals surface area contributed by atoms with Gasteiger partial charge in [0.2, 0.25) is 0 Å². The molecular formula is C24H17FN2O5S. The largest absolute Gasteiger partial charge is 0.489 e. The van der Waals surface area contributed by atoms with E-state index in [9.17, 15) is 24.1 Å². The van der Waals surface area contributed by atoms with E-state index < -0.39 is 21.9 Å². The number of halogens is 1. The normalized spacial score (nSPS) is 14.7. The zero-order valence-electron chi connectivity index (χ0n) is 17.1. The van der Waals surface area contributed by atoms with E-state index in [0.29, 0.717) is 11.3 Å². The number of ether oxygens (including phenoxy) is 1. The summed E-state index contributed by atoms with van der Waals surface area (Å²) in [6, 6.07) is 19.0. The predicted octanol–water partition coefficient (Wildman–Crippen LogP) is 5.55. The molecule has 1 aliphatic rings. The Morgan fingerprint density at radius 1 is 1.03 bits per heavy atom. The summed E-state index contributed by atoms with van der Waals surface area (Å²) in [5.41, 5.74) is 1.69. The number of hydrogen-bond acceptors (Lipinski definition) is 6. The number of amides is 2. The van der Waals surface area contributed by atoms with E-state index in [0.717, 1.165) is 22.2 Å². The molecule has 4 rings (SSSR count). The second kappa shape index (κ2) is 9.66. The van der Waals surface area contributed by atoms with Gasteiger partial charge in [-0.15, -0.1) is 0 Å². The molecule has 7 nitrogen and oxygen atoms in total. The van der Waals surface area contributed by atoms with Gasteiger partial charge in [0.05, 0.1) is 16.4 Å². The number of hydrogen-bond donors (Lipinski definition) is 0. The van der Waals surface area contributed by atoms with Crippen molar-refractivity contribution in [2.24, 2.45) is 0 Å². The van der Waals surface area contributed by atoms with Crippen LogP contribution in [0.1, 0.15) is 16.7 Å². The van der Waals surface area contributed by atoms with Crippen LogP contribution in [-0.4, -0.2) is 21.0 Å². The average Bonchev–Trinajstić information content (AvgIpc) is 3.07. The number of nitrogens with zero attached hydrogens (tertiary/aromatic N) is 2. The fraction of sp³-hybridized carbons (Fsp3) is 0.0833. The standard InChI is InChI=1S/C24H17FN2O5S/c25-21-7-2-1-5-18(21)14-26-23(28)22(33-24(26)29)13-17-4-3-6-20(12-17)32-15-16-8-10-19(11-9-16)27(30)31/h1-13H,14-15H2/b22-13+. The van der Waals surface area contributed by atoms with Gasteiger partial charge in [-0.2, -0.15) is 0 Å². The molecule has 2 amide bonds. The van der Waals surface area contributed by atoms with Crippen molar-refractivity contribution in [1.82, 2.24) is 4.90 Å². The molecule has 0 radical (unpaired) electrons. The summed E-state index contributed by atoms with van der Waals surface area (Å²) in [5.74, 6) is -0.420. The van der Waals surface area contributed by atoms with Gasteiger partial charge in [-0.3, -0.25) is 24.6 Å². The number of nitro groups is 1. The highest BCUT2D eigenvalue weighted by atomic mass is 32.2. The Bertz CT molecular complexity index is 1260. The summed E-state index contributed by atoms with van der Waals surface area (Å²) < 4.78 is 19.7. The molecule has 1 aliphatic heterocycles. The number of imide groups is 1. The van der Waals surface area contributed by atoms with Crippen molar-refractivity contribution in [3.8, 4) is 5.75 Å². The van der Waals surface area contributed by atoms with E-state index >= 15 is 0 Å². The molecule has 0 bridgehead atoms. The molecule has 0 aromatic heterocycles. The number of nitro benzene ring substituents is 1. The lowest BCUT2D eigenvalue weighted by Crippen LogP contribution is -2.27. The molecule has 0 atom stereocenters. The number of carbonyl (C=O) groups is 2. The molecule has 0 saturated carbocycles. The maximum atomic E-state index is 13.9. The third-order valence-corrected chi connectivity index (χ3v) is 5.78. The Morgan fingerprint density at radius 3 is 2.52 bits per heavy atom. The molecule has 9 heteroatoms. The topological polar surface area (TPSA) is 89.7 Å². The molecule has 0 N–H and O–H groups in total. The highest BCUT2D eigenvalue weighted by Gasteiger charge is 2.35. The fourth-order valence-electron chi connectivity index (χ4n) is 3.16. The minimum absolute atomic E-state index is 0.00435. The summed E-state index contributed by atoms with van der Waals surface area (Å²) in [4.78, 5) is 36.6. The highest BCUT2D eigenvalue weighted by molar-refractivity contribution is 8.18. The first-order chi connectivity index (χ1) is 15.9. The molecule has 33 heavy (non-hydrogen) atoms. The van der Waals surface area contributed by atoms with Crippen LogP contribution >= 0.6 is 11.8 Å². The lowest BCUT2D eigenvalue weighted by atomic mass is 10.2. The second-order valence-electron chi connectivity index (χ2n) is 7.14. The van der Waals surface area contributed by atoms with Crippen molar-refractivity contribution >= 4 is 34.7 Å². The number of carbonyl (C=O) groups excluding carboxylic acids is 2. The predicted molar refractivity (Wildman–Crippen MR) is 122 cm³/mol. The minimum Gasteiger partial charge on any atom is -0.489 e. The third-order valence-electron chi connectivity index (χ3n) is 4.87. The molecule has 166 valence electrons. The summed E-state index contributed by atoms with van der Waals surface area (Å²) in [6.45, 7) is 0.0771. The molecule has 1 heterocycles. The monoisotopic (exact) mass is 464 g/mol. The average molecular weight is 464 g/mol. The van der Waals surface area contributed by atoms with Gasteiger partial charge < -0.3 is 4.74 Å². The molecule has 0 spiro atoms. The van der Waals surface area contributed by atoms with E-state index in [1.54, 1.807) is 54.6 Å². The fourth-order valence-corrected chi connectivity index (χ4v) is 4.00. The van der Waals surface area contributed by atoms with Crippen molar-refractivity contribution in [2.75, 3.05) is 0 Å². The molecule has 0 unspecified atom stereocenters. The van der Waals surface area contributed by atoms with Crippen LogP contribution < -0.4 is 4.74 Å². The van der Waals surface area contributed by atoms with Crippen LogP contribution in [0.4, 0.5) is 14.9 Å². The first-order valence-corrected chi connectivity index (χ1v) is 10.7. The zero-order chi connectivity index (χ0) is 23.4. The Hall–Kier alpha value is -3.98. The van der Waals surface area contributed by atoms with E-state index in [-0.39, 0.29) is 29.3 Å². The van der Waals surface area contributed by atoms with E-state index in [1.807, 2.05) is 0 Å². The number of non-ortho nitro benzene ring substituents is 1. The first kappa shape index (κ1) is 22.2. The molecule has 3 aromatic carbocycles. The Morgan fingerprint density at radius 2 is 1.79 bits per heavy atom. The highest BCUT2D eigenvalue weighted by Crippen LogP contribution is 2.34. The lowest BCUT2D eigenvalue weighted by Gasteiger charge is -2.12. The van der Waals surface area contributed by atoms with Crippen LogP contribution in [0.2, 0.25) is 0 Å². The quantitative estimate of drug-likeness (QED) is 0.259. The zero-order valence-corrected chi connectivity index (χ0v) is 18.0. The number of rotatable bonds is 7. The van der Waals surface area contributed by atoms with Gasteiger partial charge in [-0.1, -0.05) is 30.3 Å². The van der Waals surface area contributed by atoms with E-state index in [1.165, 1.54) is 24.3 Å². The maximum Gasteiger partial charge on any atom is 0.293 e. The summed E-state index contributed by atoms with van der Waals surface area (Å²) in [7, 11) is 0. The van der Waals surface area contributed by atoms with Gasteiger partial charge in [0.15, 0.2) is 0 Å². The van der Waals surface area contributed by atoms with Crippen LogP contribution in [-0.2, 0) is 17.9 Å². The second-order valence-corrected chi connectivity index (χ2v) is 8.14. The van der Waals surface area contributed by atoms with Crippen LogP contribution in [0.3, 0.4) is 0 Å². The summed E-state index contributed by atoms with van der Waals surface area (Å²) >= 11 is 0.802. The van der Waals surface area contributed by atoms with Gasteiger partial charge in [-0.25, -0.2) is 4.39 Å². The van der Waals surface area contributed by atoms with Crippen LogP contribution in [0, 0.1) is 15.9 Å². The number of benzene rings is 3. The lowest BCUT2D eigenvalue weighted by molar-refractivity contribution is -0.384. The molecular weight excluding hydrogens is 447 g/mol. The van der Waals surface area contributed by atoms with Crippen LogP contribution in [0.5, 0.6) is 5.75 Å². The SMILES string of the molecule is O=C1S/C(=C/c2cccc(OCc3ccc([N+](=O)[O-])cc3)c2)C(=O)N1Cc1ccccc1F. The number of thioether (sulfide) groups is 1. The van der Waals surface area contributed by atoms with Crippen molar-refractivity contribution in [3.05, 3.63) is 110 Å². The van der Waals surface area contributed by atoms with E-state index in [4.69, 9.17) is 4.74 Å². The van der Waals surface area contributed by atoms with Gasteiger partial charge in [0, 0.05) is 17.7 Å². The Balaban J connectivity index is 1.44. The summed E-state index contributed by atoms with van der Waals surface area (Å²) in [5, 5.41) is 10.3. The molecule has 3 aromatic rings. The van der Waals surface area contributed by atoms with Crippen molar-refractivity contribution < 1.29 is 23.6 Å². The van der Waals surface area contributed by atoms with Gasteiger partial charge in [-0.05, 0) is 59.3 Å². The van der Waals surface area contributed by atoms with Crippen molar-refractivity contribution in [1.29, 1.82) is 0 Å². The minimum atomic E-state index is -0.481. The van der Waals surface area contributed by atoms with Gasteiger partial charge in [0.1, 0.15) is 18.2 Å². The molecule has 0 aliphatic carbocycles. The maximum absolute atomic E-state index is 13.9. The smallest absolute Gasteiger partial charge is 0.293 e. The molecule has 1 saturated heterocycles. The third kappa shape index (κ3) is 5.27. The van der Waals surface area contributed by atoms with Crippen molar-refractivity contribution in [3.63, 3.8) is 0 Å².